The summed E-state index contributed by atoms with van der Waals surface area (Å²) in [6.07, 6.45) is 4.81. The van der Waals surface area contributed by atoms with Gasteiger partial charge < -0.3 is 14.5 Å². The van der Waals surface area contributed by atoms with Crippen LogP contribution in [0.2, 0.25) is 0 Å². The number of halogens is 3. The summed E-state index contributed by atoms with van der Waals surface area (Å²) in [5, 5.41) is 9.36. The first-order chi connectivity index (χ1) is 16.3. The Labute approximate surface area is 224 Å². The zero-order valence-corrected chi connectivity index (χ0v) is 22.6. The smallest absolute Gasteiger partial charge is 0.266 e. The van der Waals surface area contributed by atoms with Crippen molar-refractivity contribution in [3.8, 4) is 5.75 Å². The predicted octanol–water partition coefficient (Wildman–Crippen LogP) is 2.41. The molecular weight excluding hydrogens is 534 g/mol. The van der Waals surface area contributed by atoms with Crippen LogP contribution in [0.5, 0.6) is 5.75 Å². The van der Waals surface area contributed by atoms with Crippen molar-refractivity contribution in [2.45, 2.75) is 49.3 Å². The Kier molecular flexibility index (Phi) is 9.38. The molecule has 204 valence electrons. The quantitative estimate of drug-likeness (QED) is 0.366. The van der Waals surface area contributed by atoms with Crippen molar-refractivity contribution in [1.29, 1.82) is 0 Å². The number of nitrogens with zero attached hydrogens (tertiary/aromatic N) is 3. The van der Waals surface area contributed by atoms with E-state index in [1.807, 2.05) is 4.90 Å². The third-order valence-electron chi connectivity index (χ3n) is 7.71. The van der Waals surface area contributed by atoms with Gasteiger partial charge in [-0.25, -0.2) is 18.3 Å². The van der Waals surface area contributed by atoms with E-state index in [2.05, 4.69) is 4.90 Å². The van der Waals surface area contributed by atoms with Crippen LogP contribution >= 0.6 is 24.8 Å². The van der Waals surface area contributed by atoms with Crippen LogP contribution in [0.15, 0.2) is 18.2 Å². The van der Waals surface area contributed by atoms with Gasteiger partial charge in [0, 0.05) is 57.1 Å². The zero-order valence-electron chi connectivity index (χ0n) is 20.1. The van der Waals surface area contributed by atoms with Crippen molar-refractivity contribution in [2.24, 2.45) is 5.92 Å². The molecule has 2 aliphatic carbocycles. The van der Waals surface area contributed by atoms with Crippen LogP contribution < -0.4 is 15.1 Å². The summed E-state index contributed by atoms with van der Waals surface area (Å²) in [6, 6.07) is 5.35. The highest BCUT2D eigenvalue weighted by atomic mass is 35.5. The molecule has 1 aromatic rings. The molecule has 2 saturated carbocycles. The molecule has 0 radical (unpaired) electrons. The lowest BCUT2D eigenvalue weighted by atomic mass is 9.95. The normalized spacial score (nSPS) is 22.8. The summed E-state index contributed by atoms with van der Waals surface area (Å²) in [5.74, 6) is -0.499. The topological polar surface area (TPSA) is 102 Å². The van der Waals surface area contributed by atoms with Gasteiger partial charge in [-0.3, -0.25) is 10.0 Å². The van der Waals surface area contributed by atoms with Crippen molar-refractivity contribution in [3.05, 3.63) is 24.0 Å². The number of ether oxygens (including phenoxy) is 1. The Morgan fingerprint density at radius 3 is 2.22 bits per heavy atom. The number of nitrogens with one attached hydrogen (secondary N) is 1. The van der Waals surface area contributed by atoms with Crippen LogP contribution in [0.4, 0.5) is 10.1 Å². The summed E-state index contributed by atoms with van der Waals surface area (Å²) in [4.78, 5) is 16.9. The Morgan fingerprint density at radius 2 is 1.69 bits per heavy atom. The maximum Gasteiger partial charge on any atom is 0.266 e. The van der Waals surface area contributed by atoms with Gasteiger partial charge in [-0.15, -0.1) is 24.8 Å². The van der Waals surface area contributed by atoms with Crippen molar-refractivity contribution < 1.29 is 27.5 Å². The lowest BCUT2D eigenvalue weighted by molar-refractivity contribution is -0.133. The summed E-state index contributed by atoms with van der Waals surface area (Å²) in [7, 11) is -4.00. The monoisotopic (exact) mass is 568 g/mol. The lowest BCUT2D eigenvalue weighted by Gasteiger charge is -2.44. The number of piperidine rings is 1. The third kappa shape index (κ3) is 5.71. The van der Waals surface area contributed by atoms with E-state index >= 15 is 0 Å². The van der Waals surface area contributed by atoms with E-state index < -0.39 is 26.5 Å². The van der Waals surface area contributed by atoms with Crippen molar-refractivity contribution >= 4 is 46.4 Å². The van der Waals surface area contributed by atoms with E-state index in [1.54, 1.807) is 17.6 Å². The number of piperazine rings is 1. The van der Waals surface area contributed by atoms with Gasteiger partial charge in [-0.1, -0.05) is 0 Å². The first-order valence-corrected chi connectivity index (χ1v) is 13.6. The minimum atomic E-state index is -4.00. The van der Waals surface area contributed by atoms with Crippen LogP contribution in [0.25, 0.3) is 0 Å². The van der Waals surface area contributed by atoms with Crippen LogP contribution in [0.3, 0.4) is 0 Å². The fraction of sp³-hybridized carbons (Fsp3) is 0.696. The van der Waals surface area contributed by atoms with Crippen molar-refractivity contribution in [2.75, 3.05) is 50.8 Å². The van der Waals surface area contributed by atoms with E-state index in [-0.39, 0.29) is 56.5 Å². The van der Waals surface area contributed by atoms with Crippen LogP contribution in [0, 0.1) is 11.7 Å². The van der Waals surface area contributed by atoms with Gasteiger partial charge in [0.2, 0.25) is 10.0 Å². The van der Waals surface area contributed by atoms with Gasteiger partial charge in [-0.2, -0.15) is 4.31 Å². The minimum absolute atomic E-state index is 0. The largest absolute Gasteiger partial charge is 0.490 e. The standard InChI is InChI=1S/C23H33FN4O5S.2ClH/c24-20-15-19(5-6-21(20)33-16-17-1-2-17)27-11-13-28(14-12-27)34(31,32)23(22(29)25-30)7-9-26(10-8-23)18-3-4-18;;/h5-6,15,17-18,30H,1-4,7-14,16H2,(H,25,29);2*1H. The molecule has 0 spiro atoms. The molecule has 0 unspecified atom stereocenters. The SMILES string of the molecule is Cl.Cl.O=C(NO)C1(S(=O)(=O)N2CCN(c3ccc(OCC4CC4)c(F)c3)CC2)CCN(C2CC2)CC1. The second kappa shape index (κ2) is 11.6. The predicted molar refractivity (Wildman–Crippen MR) is 138 cm³/mol. The number of hydrogen-bond donors (Lipinski definition) is 2. The van der Waals surface area contributed by atoms with Crippen molar-refractivity contribution in [3.63, 3.8) is 0 Å². The molecule has 9 nitrogen and oxygen atoms in total. The molecule has 5 rings (SSSR count). The molecule has 2 saturated heterocycles. The van der Waals surface area contributed by atoms with E-state index in [1.165, 1.54) is 10.4 Å². The second-order valence-electron chi connectivity index (χ2n) is 9.96. The highest BCUT2D eigenvalue weighted by Gasteiger charge is 2.55. The van der Waals surface area contributed by atoms with Crippen LogP contribution in [0.1, 0.15) is 38.5 Å². The summed E-state index contributed by atoms with van der Waals surface area (Å²) in [5.41, 5.74) is 2.30. The lowest BCUT2D eigenvalue weighted by Crippen LogP contribution is -2.63. The molecule has 2 aliphatic heterocycles. The van der Waals surface area contributed by atoms with Gasteiger partial charge in [0.25, 0.3) is 5.91 Å². The fourth-order valence-corrected chi connectivity index (χ4v) is 7.24. The summed E-state index contributed by atoms with van der Waals surface area (Å²) >= 11 is 0. The molecule has 4 aliphatic rings. The van der Waals surface area contributed by atoms with Gasteiger partial charge in [-0.05, 0) is 56.6 Å². The zero-order chi connectivity index (χ0) is 23.9. The third-order valence-corrected chi connectivity index (χ3v) is 10.3. The molecule has 2 N–H and O–H groups in total. The highest BCUT2D eigenvalue weighted by molar-refractivity contribution is 7.91. The van der Waals surface area contributed by atoms with Crippen LogP contribution in [-0.4, -0.2) is 85.4 Å². The number of rotatable bonds is 8. The van der Waals surface area contributed by atoms with E-state index in [0.717, 1.165) is 25.7 Å². The average molecular weight is 570 g/mol. The molecule has 0 atom stereocenters. The molecule has 4 fully saturated rings. The molecule has 0 bridgehead atoms. The Balaban J connectivity index is 0.00000180. The number of amides is 1. The van der Waals surface area contributed by atoms with Crippen LogP contribution in [-0.2, 0) is 14.8 Å². The maximum absolute atomic E-state index is 14.5. The molecular formula is C23H35Cl2FN4O5S. The van der Waals surface area contributed by atoms with Crippen molar-refractivity contribution in [1.82, 2.24) is 14.7 Å². The van der Waals surface area contributed by atoms with Gasteiger partial charge in [0.15, 0.2) is 16.3 Å². The van der Waals surface area contributed by atoms with Gasteiger partial charge >= 0.3 is 0 Å². The molecule has 13 heteroatoms. The first-order valence-electron chi connectivity index (χ1n) is 12.2. The van der Waals surface area contributed by atoms with Gasteiger partial charge in [0.05, 0.1) is 6.61 Å². The molecule has 0 aromatic heterocycles. The van der Waals surface area contributed by atoms with E-state index in [0.29, 0.717) is 50.4 Å². The van der Waals surface area contributed by atoms with E-state index in [4.69, 9.17) is 4.74 Å². The first kappa shape index (κ1) is 29.2. The average Bonchev–Trinajstić information content (AvgIpc) is 3.77. The fourth-order valence-electron chi connectivity index (χ4n) is 5.12. The highest BCUT2D eigenvalue weighted by Crippen LogP contribution is 2.38. The Hall–Kier alpha value is -1.37. The summed E-state index contributed by atoms with van der Waals surface area (Å²) < 4.78 is 47.1. The number of likely N-dealkylation sites (tertiary alicyclic amines) is 1. The second-order valence-corrected chi connectivity index (χ2v) is 12.2. The molecule has 1 amide bonds. The maximum atomic E-state index is 14.5. The number of benzene rings is 1. The summed E-state index contributed by atoms with van der Waals surface area (Å²) in [6.45, 7) is 2.72. The number of hydroxylamine groups is 1. The Morgan fingerprint density at radius 1 is 1.06 bits per heavy atom. The number of anilines is 1. The van der Waals surface area contributed by atoms with E-state index in [9.17, 15) is 22.8 Å². The minimum Gasteiger partial charge on any atom is -0.490 e. The number of carbonyl (C=O) groups is 1. The van der Waals surface area contributed by atoms with Gasteiger partial charge in [0.1, 0.15) is 0 Å². The molecule has 2 heterocycles. The number of hydrogen-bond acceptors (Lipinski definition) is 7. The molecule has 1 aromatic carbocycles. The number of carbonyl (C=O) groups excluding carboxylic acids is 1. The number of sulfonamides is 1. The Bertz CT molecular complexity index is 1030. The molecule has 36 heavy (non-hydrogen) atoms.